The van der Waals surface area contributed by atoms with E-state index in [1.165, 1.54) is 18.5 Å². The minimum atomic E-state index is -0.173. The van der Waals surface area contributed by atoms with Gasteiger partial charge < -0.3 is 10.2 Å². The van der Waals surface area contributed by atoms with Crippen LogP contribution in [0.4, 0.5) is 10.1 Å². The van der Waals surface area contributed by atoms with Gasteiger partial charge in [0.1, 0.15) is 5.82 Å². The van der Waals surface area contributed by atoms with Gasteiger partial charge in [-0.1, -0.05) is 6.92 Å². The maximum absolute atomic E-state index is 13.6. The Labute approximate surface area is 128 Å². The average Bonchev–Trinajstić information content (AvgIpc) is 3.27. The predicted octanol–water partition coefficient (Wildman–Crippen LogP) is 3.86. The molecular weight excluding hydrogens is 319 g/mol. The number of nitrogens with zero attached hydrogens (tertiary/aromatic N) is 1. The molecule has 0 spiro atoms. The molecule has 0 bridgehead atoms. The molecule has 110 valence electrons. The van der Waals surface area contributed by atoms with Crippen molar-refractivity contribution in [2.45, 2.75) is 45.2 Å². The molecule has 0 radical (unpaired) electrons. The van der Waals surface area contributed by atoms with Crippen LogP contribution in [0.1, 0.15) is 31.7 Å². The van der Waals surface area contributed by atoms with Gasteiger partial charge in [0.25, 0.3) is 0 Å². The zero-order chi connectivity index (χ0) is 14.3. The summed E-state index contributed by atoms with van der Waals surface area (Å²) in [5.74, 6) is 0.674. The van der Waals surface area contributed by atoms with Crippen LogP contribution in [0.5, 0.6) is 0 Å². The lowest BCUT2D eigenvalue weighted by molar-refractivity contribution is 0.359. The van der Waals surface area contributed by atoms with Gasteiger partial charge in [-0.25, -0.2) is 4.39 Å². The molecule has 3 rings (SSSR count). The van der Waals surface area contributed by atoms with Gasteiger partial charge in [0, 0.05) is 30.9 Å². The van der Waals surface area contributed by atoms with Crippen molar-refractivity contribution < 1.29 is 4.39 Å². The zero-order valence-electron chi connectivity index (χ0n) is 12.1. The second kappa shape index (κ2) is 5.64. The molecule has 1 aromatic carbocycles. The van der Waals surface area contributed by atoms with Crippen molar-refractivity contribution >= 4 is 21.6 Å². The highest BCUT2D eigenvalue weighted by Crippen LogP contribution is 2.37. The fraction of sp³-hybridized carbons (Fsp3) is 0.625. The van der Waals surface area contributed by atoms with E-state index in [-0.39, 0.29) is 5.82 Å². The number of hydrogen-bond acceptors (Lipinski definition) is 2. The maximum atomic E-state index is 13.6. The van der Waals surface area contributed by atoms with E-state index in [1.807, 2.05) is 13.0 Å². The van der Waals surface area contributed by atoms with Crippen LogP contribution in [0.25, 0.3) is 0 Å². The van der Waals surface area contributed by atoms with Crippen LogP contribution in [0, 0.1) is 18.7 Å². The Bertz CT molecular complexity index is 501. The number of piperazine rings is 1. The third-order valence-corrected chi connectivity index (χ3v) is 5.27. The molecule has 1 aliphatic carbocycles. The van der Waals surface area contributed by atoms with E-state index in [4.69, 9.17) is 0 Å². The van der Waals surface area contributed by atoms with Crippen molar-refractivity contribution in [3.05, 3.63) is 28.0 Å². The van der Waals surface area contributed by atoms with E-state index < -0.39 is 0 Å². The molecule has 0 aromatic heterocycles. The van der Waals surface area contributed by atoms with Crippen molar-refractivity contribution in [2.24, 2.45) is 5.92 Å². The molecule has 2 unspecified atom stereocenters. The SMILES string of the molecule is CCC1CNC(C2CC2)CN1c1cc(Br)c(F)cc1C. The van der Waals surface area contributed by atoms with Crippen molar-refractivity contribution in [1.82, 2.24) is 5.32 Å². The van der Waals surface area contributed by atoms with E-state index >= 15 is 0 Å². The van der Waals surface area contributed by atoms with Crippen LogP contribution in [-0.2, 0) is 0 Å². The van der Waals surface area contributed by atoms with Crippen LogP contribution in [0.3, 0.4) is 0 Å². The lowest BCUT2D eigenvalue weighted by atomic mass is 10.0. The Kier molecular flexibility index (Phi) is 4.04. The molecule has 1 aromatic rings. The van der Waals surface area contributed by atoms with Crippen molar-refractivity contribution in [1.29, 1.82) is 0 Å². The highest BCUT2D eigenvalue weighted by atomic mass is 79.9. The lowest BCUT2D eigenvalue weighted by Gasteiger charge is -2.42. The predicted molar refractivity (Wildman–Crippen MR) is 84.8 cm³/mol. The molecule has 20 heavy (non-hydrogen) atoms. The first-order valence-electron chi connectivity index (χ1n) is 7.55. The van der Waals surface area contributed by atoms with Crippen molar-refractivity contribution in [2.75, 3.05) is 18.0 Å². The fourth-order valence-corrected chi connectivity index (χ4v) is 3.57. The first kappa shape index (κ1) is 14.3. The van der Waals surface area contributed by atoms with Gasteiger partial charge in [-0.05, 0) is 65.7 Å². The molecule has 1 N–H and O–H groups in total. The molecule has 1 aliphatic heterocycles. The first-order valence-corrected chi connectivity index (χ1v) is 8.35. The summed E-state index contributed by atoms with van der Waals surface area (Å²) < 4.78 is 14.2. The number of halogens is 2. The number of rotatable bonds is 3. The Morgan fingerprint density at radius 1 is 1.40 bits per heavy atom. The van der Waals surface area contributed by atoms with Gasteiger partial charge in [-0.2, -0.15) is 0 Å². The van der Waals surface area contributed by atoms with E-state index in [0.29, 0.717) is 16.6 Å². The standard InChI is InChI=1S/C16H22BrFN2/c1-3-12-8-19-15(11-4-5-11)9-20(12)16-7-13(17)14(18)6-10(16)2/h6-7,11-12,15,19H,3-5,8-9H2,1-2H3. The molecular formula is C16H22BrFN2. The summed E-state index contributed by atoms with van der Waals surface area (Å²) in [6.45, 7) is 6.31. The van der Waals surface area contributed by atoms with Crippen LogP contribution in [-0.4, -0.2) is 25.2 Å². The largest absolute Gasteiger partial charge is 0.365 e. The lowest BCUT2D eigenvalue weighted by Crippen LogP contribution is -2.57. The highest BCUT2D eigenvalue weighted by molar-refractivity contribution is 9.10. The Morgan fingerprint density at radius 2 is 2.15 bits per heavy atom. The Morgan fingerprint density at radius 3 is 2.80 bits per heavy atom. The average molecular weight is 341 g/mol. The van der Waals surface area contributed by atoms with Crippen molar-refractivity contribution in [3.63, 3.8) is 0 Å². The quantitative estimate of drug-likeness (QED) is 0.898. The van der Waals surface area contributed by atoms with E-state index in [2.05, 4.69) is 33.1 Å². The van der Waals surface area contributed by atoms with Gasteiger partial charge in [-0.3, -0.25) is 0 Å². The third-order valence-electron chi connectivity index (χ3n) is 4.66. The number of anilines is 1. The molecule has 1 saturated carbocycles. The summed E-state index contributed by atoms with van der Waals surface area (Å²) in [6, 6.07) is 4.69. The fourth-order valence-electron chi connectivity index (χ4n) is 3.24. The summed E-state index contributed by atoms with van der Waals surface area (Å²) in [6.07, 6.45) is 3.82. The monoisotopic (exact) mass is 340 g/mol. The van der Waals surface area contributed by atoms with Crippen molar-refractivity contribution in [3.8, 4) is 0 Å². The number of nitrogens with one attached hydrogen (secondary N) is 1. The summed E-state index contributed by atoms with van der Waals surface area (Å²) >= 11 is 3.33. The molecule has 1 heterocycles. The second-order valence-corrected chi connectivity index (χ2v) is 6.97. The second-order valence-electron chi connectivity index (χ2n) is 6.12. The van der Waals surface area contributed by atoms with Gasteiger partial charge >= 0.3 is 0 Å². The summed E-state index contributed by atoms with van der Waals surface area (Å²) in [5.41, 5.74) is 2.21. The zero-order valence-corrected chi connectivity index (χ0v) is 13.7. The molecule has 2 atom stereocenters. The van der Waals surface area contributed by atoms with Crippen LogP contribution in [0.15, 0.2) is 16.6 Å². The molecule has 0 amide bonds. The Balaban J connectivity index is 1.89. The van der Waals surface area contributed by atoms with Crippen LogP contribution < -0.4 is 10.2 Å². The third kappa shape index (κ3) is 2.73. The molecule has 1 saturated heterocycles. The minimum Gasteiger partial charge on any atom is -0.365 e. The van der Waals surface area contributed by atoms with Crippen LogP contribution >= 0.6 is 15.9 Å². The van der Waals surface area contributed by atoms with Gasteiger partial charge in [-0.15, -0.1) is 0 Å². The number of hydrogen-bond donors (Lipinski definition) is 1. The molecule has 2 nitrogen and oxygen atoms in total. The normalized spacial score (nSPS) is 26.9. The molecule has 4 heteroatoms. The molecule has 2 fully saturated rings. The van der Waals surface area contributed by atoms with Gasteiger partial charge in [0.05, 0.1) is 4.47 Å². The van der Waals surface area contributed by atoms with E-state index in [9.17, 15) is 4.39 Å². The van der Waals surface area contributed by atoms with E-state index in [1.54, 1.807) is 6.07 Å². The highest BCUT2D eigenvalue weighted by Gasteiger charge is 2.37. The summed E-state index contributed by atoms with van der Waals surface area (Å²) in [7, 11) is 0. The minimum absolute atomic E-state index is 0.173. The summed E-state index contributed by atoms with van der Waals surface area (Å²) in [5, 5.41) is 3.70. The topological polar surface area (TPSA) is 15.3 Å². The maximum Gasteiger partial charge on any atom is 0.137 e. The van der Waals surface area contributed by atoms with Gasteiger partial charge in [0.2, 0.25) is 0 Å². The molecule has 2 aliphatic rings. The van der Waals surface area contributed by atoms with Gasteiger partial charge in [0.15, 0.2) is 0 Å². The number of aryl methyl sites for hydroxylation is 1. The first-order chi connectivity index (χ1) is 9.60. The smallest absolute Gasteiger partial charge is 0.137 e. The number of benzene rings is 1. The Hall–Kier alpha value is -0.610. The van der Waals surface area contributed by atoms with E-state index in [0.717, 1.165) is 31.0 Å². The van der Waals surface area contributed by atoms with Crippen LogP contribution in [0.2, 0.25) is 0 Å². The summed E-state index contributed by atoms with van der Waals surface area (Å²) in [4.78, 5) is 2.49.